The maximum absolute atomic E-state index is 14.5. The highest BCUT2D eigenvalue weighted by atomic mass is 32.1. The highest BCUT2D eigenvalue weighted by Crippen LogP contribution is 2.42. The van der Waals surface area contributed by atoms with Gasteiger partial charge in [0.15, 0.2) is 11.6 Å². The number of likely N-dealkylation sites (tertiary alicyclic amines) is 1. The number of benzene rings is 1. The average Bonchev–Trinajstić information content (AvgIpc) is 3.64. The van der Waals surface area contributed by atoms with Crippen molar-refractivity contribution in [3.8, 4) is 32.7 Å². The van der Waals surface area contributed by atoms with Gasteiger partial charge in [-0.1, -0.05) is 0 Å². The molecule has 0 radical (unpaired) electrons. The number of pyridine rings is 1. The molecule has 6 rings (SSSR count). The second-order valence-electron chi connectivity index (χ2n) is 9.00. The number of nitrogens with one attached hydrogen (secondary N) is 1. The van der Waals surface area contributed by atoms with E-state index in [1.807, 2.05) is 6.07 Å². The van der Waals surface area contributed by atoms with Crippen LogP contribution in [0.4, 0.5) is 8.78 Å². The monoisotopic (exact) mass is 522 g/mol. The van der Waals surface area contributed by atoms with Crippen LogP contribution < -0.4 is 10.1 Å². The Hall–Kier alpha value is -3.70. The Morgan fingerprint density at radius 1 is 1.14 bits per heavy atom. The fraction of sp³-hybridized carbons (Fsp3) is 0.308. The normalized spacial score (nSPS) is 15.1. The molecule has 1 aromatic carbocycles. The van der Waals surface area contributed by atoms with Crippen molar-refractivity contribution in [2.45, 2.75) is 19.3 Å². The first-order chi connectivity index (χ1) is 18.1. The first-order valence-corrected chi connectivity index (χ1v) is 13.0. The molecule has 0 unspecified atom stereocenters. The molecule has 0 aliphatic carbocycles. The smallest absolute Gasteiger partial charge is 0.269 e. The lowest BCUT2D eigenvalue weighted by Crippen LogP contribution is -2.33. The summed E-state index contributed by atoms with van der Waals surface area (Å²) in [5, 5.41) is 7.14. The van der Waals surface area contributed by atoms with E-state index < -0.39 is 11.6 Å². The number of fused-ring (bicyclic) bond motifs is 3. The molecule has 8 nitrogen and oxygen atoms in total. The predicted octanol–water partition coefficient (Wildman–Crippen LogP) is 4.10. The Bertz CT molecular complexity index is 1460. The van der Waals surface area contributed by atoms with Gasteiger partial charge in [-0.25, -0.2) is 23.4 Å². The standard InChI is InChI=1S/C26H24F2N6O2S/c27-17-3-5-20(18(28)14-17)34-25(30-15-31-34)22-13-16-7-12-36-21-6-4-19(32-23(21)24(16)37-22)26(35)29-8-11-33-9-1-2-10-33/h3-6,13-15H,1-2,7-12H2,(H,29,35). The van der Waals surface area contributed by atoms with Crippen molar-refractivity contribution in [3.63, 3.8) is 0 Å². The number of ether oxygens (including phenoxy) is 1. The van der Waals surface area contributed by atoms with E-state index in [2.05, 4.69) is 25.3 Å². The lowest BCUT2D eigenvalue weighted by molar-refractivity contribution is 0.0945. The summed E-state index contributed by atoms with van der Waals surface area (Å²) in [6, 6.07) is 8.76. The molecule has 1 N–H and O–H groups in total. The van der Waals surface area contributed by atoms with Gasteiger partial charge in [-0.05, 0) is 61.8 Å². The summed E-state index contributed by atoms with van der Waals surface area (Å²) in [5.74, 6) is -0.584. The van der Waals surface area contributed by atoms with Crippen molar-refractivity contribution in [3.05, 3.63) is 65.6 Å². The molecule has 2 aliphatic rings. The molecule has 0 bridgehead atoms. The van der Waals surface area contributed by atoms with Gasteiger partial charge in [-0.3, -0.25) is 4.79 Å². The summed E-state index contributed by atoms with van der Waals surface area (Å²) >= 11 is 1.42. The summed E-state index contributed by atoms with van der Waals surface area (Å²) < 4.78 is 35.2. The Kier molecular flexibility index (Phi) is 6.39. The molecule has 1 amide bonds. The molecule has 1 saturated heterocycles. The molecule has 0 atom stereocenters. The minimum Gasteiger partial charge on any atom is -0.491 e. The first-order valence-electron chi connectivity index (χ1n) is 12.2. The summed E-state index contributed by atoms with van der Waals surface area (Å²) in [4.78, 5) is 25.8. The molecule has 2 aliphatic heterocycles. The fourth-order valence-corrected chi connectivity index (χ4v) is 5.90. The number of amides is 1. The molecule has 5 heterocycles. The number of hydrogen-bond donors (Lipinski definition) is 1. The van der Waals surface area contributed by atoms with Gasteiger partial charge in [0.2, 0.25) is 0 Å². The molecule has 11 heteroatoms. The summed E-state index contributed by atoms with van der Waals surface area (Å²) in [6.45, 7) is 4.01. The van der Waals surface area contributed by atoms with E-state index in [1.165, 1.54) is 47.3 Å². The Morgan fingerprint density at radius 3 is 2.84 bits per heavy atom. The number of thiophene rings is 1. The molecule has 3 aromatic heterocycles. The van der Waals surface area contributed by atoms with E-state index in [1.54, 1.807) is 12.1 Å². The quantitative estimate of drug-likeness (QED) is 0.411. The second-order valence-corrected chi connectivity index (χ2v) is 10.1. The Morgan fingerprint density at radius 2 is 2.00 bits per heavy atom. The lowest BCUT2D eigenvalue weighted by Gasteiger charge is -2.15. The second kappa shape index (κ2) is 9.98. The van der Waals surface area contributed by atoms with Crippen LogP contribution in [0.25, 0.3) is 27.0 Å². The third kappa shape index (κ3) is 4.72. The SMILES string of the molecule is O=C(NCCN1CCCC1)c1ccc2c(n1)-c1sc(-c3ncnn3-c3ccc(F)cc3F)cc1CCO2. The number of halogens is 2. The number of carbonyl (C=O) groups is 1. The van der Waals surface area contributed by atoms with Gasteiger partial charge >= 0.3 is 0 Å². The van der Waals surface area contributed by atoms with Crippen molar-refractivity contribution in [2.24, 2.45) is 0 Å². The molecular weight excluding hydrogens is 498 g/mol. The van der Waals surface area contributed by atoms with Gasteiger partial charge in [-0.2, -0.15) is 5.10 Å². The molecule has 1 fully saturated rings. The molecule has 0 spiro atoms. The Labute approximate surface area is 215 Å². The zero-order valence-corrected chi connectivity index (χ0v) is 20.7. The van der Waals surface area contributed by atoms with Gasteiger partial charge in [0.25, 0.3) is 5.91 Å². The molecular formula is C26H24F2N6O2S. The Balaban J connectivity index is 1.30. The van der Waals surface area contributed by atoms with E-state index >= 15 is 0 Å². The summed E-state index contributed by atoms with van der Waals surface area (Å²) in [5.41, 5.74) is 2.01. The molecule has 37 heavy (non-hydrogen) atoms. The van der Waals surface area contributed by atoms with Crippen LogP contribution in [0.15, 0.2) is 42.7 Å². The van der Waals surface area contributed by atoms with Crippen LogP contribution in [0, 0.1) is 11.6 Å². The third-order valence-corrected chi connectivity index (χ3v) is 7.74. The largest absolute Gasteiger partial charge is 0.491 e. The van der Waals surface area contributed by atoms with Crippen LogP contribution in [-0.2, 0) is 6.42 Å². The van der Waals surface area contributed by atoms with Crippen LogP contribution in [0.1, 0.15) is 28.9 Å². The minimum absolute atomic E-state index is 0.104. The molecule has 190 valence electrons. The van der Waals surface area contributed by atoms with E-state index in [9.17, 15) is 13.6 Å². The summed E-state index contributed by atoms with van der Waals surface area (Å²) in [6.07, 6.45) is 4.39. The van der Waals surface area contributed by atoms with Crippen LogP contribution in [0.3, 0.4) is 0 Å². The maximum Gasteiger partial charge on any atom is 0.269 e. The predicted molar refractivity (Wildman–Crippen MR) is 135 cm³/mol. The van der Waals surface area contributed by atoms with Crippen LogP contribution >= 0.6 is 11.3 Å². The van der Waals surface area contributed by atoms with E-state index in [4.69, 9.17) is 4.74 Å². The van der Waals surface area contributed by atoms with Crippen molar-refractivity contribution in [1.82, 2.24) is 30.0 Å². The zero-order valence-electron chi connectivity index (χ0n) is 19.9. The first kappa shape index (κ1) is 23.7. The number of hydrogen-bond acceptors (Lipinski definition) is 7. The topological polar surface area (TPSA) is 85.2 Å². The number of carbonyl (C=O) groups excluding carboxylic acids is 1. The highest BCUT2D eigenvalue weighted by molar-refractivity contribution is 7.19. The van der Waals surface area contributed by atoms with Crippen molar-refractivity contribution < 1.29 is 18.3 Å². The number of aromatic nitrogens is 4. The van der Waals surface area contributed by atoms with Crippen LogP contribution in [0.2, 0.25) is 0 Å². The van der Waals surface area contributed by atoms with Gasteiger partial charge in [-0.15, -0.1) is 11.3 Å². The average molecular weight is 523 g/mol. The summed E-state index contributed by atoms with van der Waals surface area (Å²) in [7, 11) is 0. The van der Waals surface area contributed by atoms with E-state index in [0.29, 0.717) is 42.5 Å². The minimum atomic E-state index is -0.731. The van der Waals surface area contributed by atoms with Crippen LogP contribution in [0.5, 0.6) is 5.75 Å². The van der Waals surface area contributed by atoms with Crippen molar-refractivity contribution in [2.75, 3.05) is 32.8 Å². The van der Waals surface area contributed by atoms with Crippen LogP contribution in [-0.4, -0.2) is 63.3 Å². The van der Waals surface area contributed by atoms with Gasteiger partial charge in [0, 0.05) is 25.6 Å². The van der Waals surface area contributed by atoms with E-state index in [-0.39, 0.29) is 11.6 Å². The van der Waals surface area contributed by atoms with Gasteiger partial charge in [0.05, 0.1) is 16.4 Å². The van der Waals surface area contributed by atoms with Gasteiger partial charge in [0.1, 0.15) is 35.0 Å². The third-order valence-electron chi connectivity index (χ3n) is 6.56. The lowest BCUT2D eigenvalue weighted by atomic mass is 10.1. The molecule has 0 saturated carbocycles. The molecule has 4 aromatic rings. The maximum atomic E-state index is 14.5. The number of nitrogens with zero attached hydrogens (tertiary/aromatic N) is 5. The zero-order chi connectivity index (χ0) is 25.4. The fourth-order valence-electron chi connectivity index (χ4n) is 4.71. The number of rotatable bonds is 6. The van der Waals surface area contributed by atoms with Crippen molar-refractivity contribution >= 4 is 17.2 Å². The highest BCUT2D eigenvalue weighted by Gasteiger charge is 2.25. The van der Waals surface area contributed by atoms with E-state index in [0.717, 1.165) is 41.0 Å². The van der Waals surface area contributed by atoms with Crippen molar-refractivity contribution in [1.29, 1.82) is 0 Å². The van der Waals surface area contributed by atoms with Gasteiger partial charge < -0.3 is 15.0 Å².